The quantitative estimate of drug-likeness (QED) is 0.705. The zero-order valence-electron chi connectivity index (χ0n) is 9.87. The van der Waals surface area contributed by atoms with Crippen LogP contribution in [0.2, 0.25) is 0 Å². The van der Waals surface area contributed by atoms with Crippen LogP contribution >= 0.6 is 0 Å². The van der Waals surface area contributed by atoms with Gasteiger partial charge in [-0.25, -0.2) is 4.98 Å². The maximum Gasteiger partial charge on any atom is 0.227 e. The predicted molar refractivity (Wildman–Crippen MR) is 65.0 cm³/mol. The molecule has 0 saturated heterocycles. The number of carbonyl (C=O) groups excluding carboxylic acids is 1. The van der Waals surface area contributed by atoms with Crippen LogP contribution in [-0.2, 0) is 4.79 Å². The highest BCUT2D eigenvalue weighted by atomic mass is 16.2. The Kier molecular flexibility index (Phi) is 3.71. The van der Waals surface area contributed by atoms with Crippen LogP contribution < -0.4 is 16.4 Å². The van der Waals surface area contributed by atoms with Crippen LogP contribution in [0.15, 0.2) is 18.3 Å². The van der Waals surface area contributed by atoms with E-state index >= 15 is 0 Å². The molecular weight excluding hydrogens is 204 g/mol. The van der Waals surface area contributed by atoms with Gasteiger partial charge in [-0.3, -0.25) is 4.79 Å². The number of anilines is 2. The standard InChI is InChI=1S/C11H18N4O/c1-11(2,10(16)13-3)7-15-8-4-5-9(12)14-6-8/h4-6,15H,7H2,1-3H3,(H2,12,14)(H,13,16). The lowest BCUT2D eigenvalue weighted by Gasteiger charge is -2.23. The summed E-state index contributed by atoms with van der Waals surface area (Å²) in [7, 11) is 1.63. The van der Waals surface area contributed by atoms with E-state index in [-0.39, 0.29) is 5.91 Å². The number of rotatable bonds is 4. The maximum atomic E-state index is 11.5. The third kappa shape index (κ3) is 3.12. The van der Waals surface area contributed by atoms with Gasteiger partial charge in [-0.1, -0.05) is 0 Å². The van der Waals surface area contributed by atoms with E-state index in [0.29, 0.717) is 12.4 Å². The highest BCUT2D eigenvalue weighted by Crippen LogP contribution is 2.16. The van der Waals surface area contributed by atoms with Crippen molar-refractivity contribution in [2.75, 3.05) is 24.6 Å². The highest BCUT2D eigenvalue weighted by molar-refractivity contribution is 5.82. The van der Waals surface area contributed by atoms with Gasteiger partial charge in [0.05, 0.1) is 17.3 Å². The summed E-state index contributed by atoms with van der Waals surface area (Å²) in [5, 5.41) is 5.78. The number of aromatic nitrogens is 1. The van der Waals surface area contributed by atoms with Gasteiger partial charge in [0.1, 0.15) is 5.82 Å². The minimum atomic E-state index is -0.462. The molecule has 16 heavy (non-hydrogen) atoms. The topological polar surface area (TPSA) is 80.0 Å². The van der Waals surface area contributed by atoms with Crippen molar-refractivity contribution in [3.8, 4) is 0 Å². The zero-order chi connectivity index (χ0) is 12.2. The first-order valence-corrected chi connectivity index (χ1v) is 5.13. The molecule has 5 heteroatoms. The fraction of sp³-hybridized carbons (Fsp3) is 0.455. The Morgan fingerprint density at radius 1 is 1.50 bits per heavy atom. The summed E-state index contributed by atoms with van der Waals surface area (Å²) in [5.74, 6) is 0.486. The fourth-order valence-corrected chi connectivity index (χ4v) is 1.25. The Hall–Kier alpha value is -1.78. The van der Waals surface area contributed by atoms with Crippen molar-refractivity contribution in [1.29, 1.82) is 0 Å². The summed E-state index contributed by atoms with van der Waals surface area (Å²) in [5.41, 5.74) is 5.87. The summed E-state index contributed by atoms with van der Waals surface area (Å²) >= 11 is 0. The van der Waals surface area contributed by atoms with Gasteiger partial charge in [0.15, 0.2) is 0 Å². The Labute approximate surface area is 95.4 Å². The first-order chi connectivity index (χ1) is 7.45. The highest BCUT2D eigenvalue weighted by Gasteiger charge is 2.26. The Morgan fingerprint density at radius 2 is 2.19 bits per heavy atom. The molecule has 0 atom stereocenters. The molecule has 0 fully saturated rings. The Balaban J connectivity index is 2.57. The van der Waals surface area contributed by atoms with E-state index in [1.54, 1.807) is 19.3 Å². The van der Waals surface area contributed by atoms with Crippen LogP contribution in [0.25, 0.3) is 0 Å². The van der Waals surface area contributed by atoms with Crippen molar-refractivity contribution in [3.05, 3.63) is 18.3 Å². The first kappa shape index (κ1) is 12.3. The summed E-state index contributed by atoms with van der Waals surface area (Å²) in [4.78, 5) is 15.5. The van der Waals surface area contributed by atoms with Crippen LogP contribution in [0.3, 0.4) is 0 Å². The van der Waals surface area contributed by atoms with E-state index in [1.807, 2.05) is 19.9 Å². The molecule has 4 N–H and O–H groups in total. The van der Waals surface area contributed by atoms with E-state index in [1.165, 1.54) is 0 Å². The van der Waals surface area contributed by atoms with Crippen molar-refractivity contribution >= 4 is 17.4 Å². The zero-order valence-corrected chi connectivity index (χ0v) is 9.87. The van der Waals surface area contributed by atoms with Crippen molar-refractivity contribution < 1.29 is 4.79 Å². The van der Waals surface area contributed by atoms with Crippen molar-refractivity contribution in [2.24, 2.45) is 5.41 Å². The molecule has 0 radical (unpaired) electrons. The van der Waals surface area contributed by atoms with Crippen LogP contribution in [0.1, 0.15) is 13.8 Å². The van der Waals surface area contributed by atoms with Gasteiger partial charge in [0, 0.05) is 13.6 Å². The molecule has 0 unspecified atom stereocenters. The van der Waals surface area contributed by atoms with Crippen LogP contribution in [0.4, 0.5) is 11.5 Å². The van der Waals surface area contributed by atoms with E-state index in [2.05, 4.69) is 15.6 Å². The number of pyridine rings is 1. The second-order valence-corrected chi connectivity index (χ2v) is 4.29. The molecule has 1 aromatic rings. The summed E-state index contributed by atoms with van der Waals surface area (Å²) in [6, 6.07) is 3.55. The first-order valence-electron chi connectivity index (χ1n) is 5.13. The summed E-state index contributed by atoms with van der Waals surface area (Å²) in [6.45, 7) is 4.30. The molecule has 0 aliphatic rings. The lowest BCUT2D eigenvalue weighted by Crippen LogP contribution is -2.39. The van der Waals surface area contributed by atoms with Gasteiger partial charge >= 0.3 is 0 Å². The second-order valence-electron chi connectivity index (χ2n) is 4.29. The van der Waals surface area contributed by atoms with Crippen LogP contribution in [0.5, 0.6) is 0 Å². The molecule has 0 spiro atoms. The maximum absolute atomic E-state index is 11.5. The van der Waals surface area contributed by atoms with E-state index < -0.39 is 5.41 Å². The van der Waals surface area contributed by atoms with Crippen molar-refractivity contribution in [1.82, 2.24) is 10.3 Å². The molecule has 1 rings (SSSR count). The third-order valence-corrected chi connectivity index (χ3v) is 2.36. The molecule has 88 valence electrons. The lowest BCUT2D eigenvalue weighted by atomic mass is 9.92. The largest absolute Gasteiger partial charge is 0.384 e. The lowest BCUT2D eigenvalue weighted by molar-refractivity contribution is -0.128. The molecule has 5 nitrogen and oxygen atoms in total. The van der Waals surface area contributed by atoms with Gasteiger partial charge in [-0.15, -0.1) is 0 Å². The number of nitrogens with zero attached hydrogens (tertiary/aromatic N) is 1. The van der Waals surface area contributed by atoms with E-state index in [9.17, 15) is 4.79 Å². The Bertz CT molecular complexity index is 359. The predicted octanol–water partition coefficient (Wildman–Crippen LogP) is 0.848. The van der Waals surface area contributed by atoms with Crippen LogP contribution in [-0.4, -0.2) is 24.5 Å². The minimum Gasteiger partial charge on any atom is -0.384 e. The van der Waals surface area contributed by atoms with E-state index in [0.717, 1.165) is 5.69 Å². The smallest absolute Gasteiger partial charge is 0.227 e. The van der Waals surface area contributed by atoms with Gasteiger partial charge in [0.25, 0.3) is 0 Å². The number of amides is 1. The van der Waals surface area contributed by atoms with Gasteiger partial charge in [0.2, 0.25) is 5.91 Å². The summed E-state index contributed by atoms with van der Waals surface area (Å²) < 4.78 is 0. The second kappa shape index (κ2) is 4.83. The average molecular weight is 222 g/mol. The molecule has 0 aliphatic heterocycles. The number of carbonyl (C=O) groups is 1. The fourth-order valence-electron chi connectivity index (χ4n) is 1.25. The van der Waals surface area contributed by atoms with E-state index in [4.69, 9.17) is 5.73 Å². The van der Waals surface area contributed by atoms with Gasteiger partial charge in [-0.05, 0) is 26.0 Å². The third-order valence-electron chi connectivity index (χ3n) is 2.36. The molecule has 1 amide bonds. The molecule has 0 saturated carbocycles. The molecule has 1 aromatic heterocycles. The normalized spacial score (nSPS) is 10.9. The van der Waals surface area contributed by atoms with Crippen LogP contribution in [0, 0.1) is 5.41 Å². The number of hydrogen-bond acceptors (Lipinski definition) is 4. The molecule has 1 heterocycles. The molecule has 0 aliphatic carbocycles. The van der Waals surface area contributed by atoms with Crippen molar-refractivity contribution in [3.63, 3.8) is 0 Å². The molecule has 0 aromatic carbocycles. The number of hydrogen-bond donors (Lipinski definition) is 3. The van der Waals surface area contributed by atoms with Crippen molar-refractivity contribution in [2.45, 2.75) is 13.8 Å². The monoisotopic (exact) mass is 222 g/mol. The number of nitrogens with one attached hydrogen (secondary N) is 2. The molecule has 0 bridgehead atoms. The number of nitrogens with two attached hydrogens (primary N) is 1. The Morgan fingerprint density at radius 3 is 2.69 bits per heavy atom. The SMILES string of the molecule is CNC(=O)C(C)(C)CNc1ccc(N)nc1. The molecular formula is C11H18N4O. The van der Waals surface area contributed by atoms with Gasteiger partial charge < -0.3 is 16.4 Å². The average Bonchev–Trinajstić information content (AvgIpc) is 2.27. The summed E-state index contributed by atoms with van der Waals surface area (Å²) in [6.07, 6.45) is 1.65. The minimum absolute atomic E-state index is 0.00315. The van der Waals surface area contributed by atoms with Gasteiger partial charge in [-0.2, -0.15) is 0 Å². The number of nitrogen functional groups attached to an aromatic ring is 1.